The molecule has 0 fully saturated rings. The van der Waals surface area contributed by atoms with Crippen LogP contribution in [-0.4, -0.2) is 28.7 Å². The van der Waals surface area contributed by atoms with Crippen LogP contribution in [0.25, 0.3) is 0 Å². The fourth-order valence-corrected chi connectivity index (χ4v) is 2.16. The first-order chi connectivity index (χ1) is 10.0. The van der Waals surface area contributed by atoms with Gasteiger partial charge in [-0.15, -0.1) is 0 Å². The lowest BCUT2D eigenvalue weighted by Crippen LogP contribution is -2.19. The van der Waals surface area contributed by atoms with E-state index in [1.54, 1.807) is 36.5 Å². The van der Waals surface area contributed by atoms with E-state index in [4.69, 9.17) is 9.84 Å². The minimum absolute atomic E-state index is 0.269. The number of benzene rings is 1. The third-order valence-corrected chi connectivity index (χ3v) is 3.48. The van der Waals surface area contributed by atoms with E-state index in [0.717, 1.165) is 0 Å². The molecule has 1 heterocycles. The fourth-order valence-electron chi connectivity index (χ4n) is 1.82. The van der Waals surface area contributed by atoms with E-state index in [2.05, 4.69) is 21.2 Å². The van der Waals surface area contributed by atoms with E-state index in [-0.39, 0.29) is 12.2 Å². The number of nitrogens with zero attached hydrogens (tertiary/aromatic N) is 1. The van der Waals surface area contributed by atoms with Crippen LogP contribution in [0.5, 0.6) is 5.75 Å². The monoisotopic (exact) mass is 352 g/mol. The Morgan fingerprint density at radius 3 is 2.81 bits per heavy atom. The summed E-state index contributed by atoms with van der Waals surface area (Å²) >= 11 is 3.34. The summed E-state index contributed by atoms with van der Waals surface area (Å²) in [4.78, 5) is 23.0. The first-order valence-corrected chi connectivity index (χ1v) is 6.82. The van der Waals surface area contributed by atoms with E-state index in [1.807, 2.05) is 0 Å². The van der Waals surface area contributed by atoms with Crippen LogP contribution in [0, 0.1) is 0 Å². The quantitative estimate of drug-likeness (QED) is 0.866. The molecule has 0 saturated carbocycles. The molecule has 7 heteroatoms. The van der Waals surface area contributed by atoms with Crippen LogP contribution in [0.4, 0.5) is 5.69 Å². The number of carbonyl (C=O) groups is 2. The molecule has 6 nitrogen and oxygen atoms in total. The zero-order valence-corrected chi connectivity index (χ0v) is 12.8. The maximum Gasteiger partial charge on any atom is 0.323 e. The molecule has 1 aromatic heterocycles. The number of methoxy groups -OCH3 is 1. The van der Waals surface area contributed by atoms with Gasteiger partial charge in [-0.3, -0.25) is 9.59 Å². The third-order valence-electron chi connectivity index (χ3n) is 2.79. The van der Waals surface area contributed by atoms with Gasteiger partial charge in [0.05, 0.1) is 12.8 Å². The van der Waals surface area contributed by atoms with Crippen molar-refractivity contribution < 1.29 is 19.4 Å². The van der Waals surface area contributed by atoms with Gasteiger partial charge < -0.3 is 19.7 Å². The average Bonchev–Trinajstić information content (AvgIpc) is 2.88. The van der Waals surface area contributed by atoms with E-state index in [9.17, 15) is 9.59 Å². The molecule has 0 bridgehead atoms. The van der Waals surface area contributed by atoms with Gasteiger partial charge in [0.1, 0.15) is 18.0 Å². The Labute approximate surface area is 129 Å². The zero-order chi connectivity index (χ0) is 15.4. The average molecular weight is 353 g/mol. The number of hydrogen-bond acceptors (Lipinski definition) is 3. The van der Waals surface area contributed by atoms with Gasteiger partial charge in [-0.25, -0.2) is 0 Å². The maximum atomic E-state index is 12.2. The summed E-state index contributed by atoms with van der Waals surface area (Å²) in [6, 6.07) is 8.37. The SMILES string of the molecule is COc1ccc(Br)c(NC(=O)c2cccn2CC(=O)O)c1. The molecule has 0 atom stereocenters. The molecule has 0 radical (unpaired) electrons. The van der Waals surface area contributed by atoms with Crippen molar-refractivity contribution in [2.45, 2.75) is 6.54 Å². The number of halogens is 1. The van der Waals surface area contributed by atoms with Crippen LogP contribution in [0.2, 0.25) is 0 Å². The molecule has 0 saturated heterocycles. The molecule has 1 aromatic carbocycles. The number of carboxylic acids is 1. The first kappa shape index (κ1) is 15.1. The Hall–Kier alpha value is -2.28. The van der Waals surface area contributed by atoms with Gasteiger partial charge in [-0.05, 0) is 40.2 Å². The second-order valence-corrected chi connectivity index (χ2v) is 5.07. The van der Waals surface area contributed by atoms with Gasteiger partial charge in [0.25, 0.3) is 5.91 Å². The number of aromatic nitrogens is 1. The molecule has 110 valence electrons. The Bertz CT molecular complexity index is 681. The Morgan fingerprint density at radius 1 is 1.38 bits per heavy atom. The highest BCUT2D eigenvalue weighted by Crippen LogP contribution is 2.27. The summed E-state index contributed by atoms with van der Waals surface area (Å²) in [5, 5.41) is 11.5. The summed E-state index contributed by atoms with van der Waals surface area (Å²) in [6.45, 7) is -0.269. The van der Waals surface area contributed by atoms with E-state index in [0.29, 0.717) is 15.9 Å². The molecule has 0 aliphatic heterocycles. The van der Waals surface area contributed by atoms with Crippen molar-refractivity contribution in [2.75, 3.05) is 12.4 Å². The second-order valence-electron chi connectivity index (χ2n) is 4.21. The number of amides is 1. The predicted octanol–water partition coefficient (Wildman–Crippen LogP) is 2.60. The molecular weight excluding hydrogens is 340 g/mol. The van der Waals surface area contributed by atoms with E-state index >= 15 is 0 Å². The Kier molecular flexibility index (Phi) is 4.64. The Morgan fingerprint density at radius 2 is 2.14 bits per heavy atom. The van der Waals surface area contributed by atoms with Crippen LogP contribution in [0.1, 0.15) is 10.5 Å². The first-order valence-electron chi connectivity index (χ1n) is 6.03. The van der Waals surface area contributed by atoms with Gasteiger partial charge in [0, 0.05) is 16.7 Å². The number of ether oxygens (including phenoxy) is 1. The van der Waals surface area contributed by atoms with Crippen LogP contribution in [-0.2, 0) is 11.3 Å². The van der Waals surface area contributed by atoms with Crippen LogP contribution < -0.4 is 10.1 Å². The fraction of sp³-hybridized carbons (Fsp3) is 0.143. The zero-order valence-electron chi connectivity index (χ0n) is 11.2. The lowest BCUT2D eigenvalue weighted by Gasteiger charge is -2.10. The van der Waals surface area contributed by atoms with Crippen LogP contribution >= 0.6 is 15.9 Å². The molecule has 0 spiro atoms. The molecule has 2 rings (SSSR count). The second kappa shape index (κ2) is 6.45. The summed E-state index contributed by atoms with van der Waals surface area (Å²) < 4.78 is 7.17. The van der Waals surface area contributed by atoms with Gasteiger partial charge in [0.15, 0.2) is 0 Å². The molecule has 21 heavy (non-hydrogen) atoms. The van der Waals surface area contributed by atoms with Crippen molar-refractivity contribution in [1.29, 1.82) is 0 Å². The highest BCUT2D eigenvalue weighted by atomic mass is 79.9. The Balaban J connectivity index is 2.22. The minimum Gasteiger partial charge on any atom is -0.497 e. The minimum atomic E-state index is -1.01. The highest BCUT2D eigenvalue weighted by Gasteiger charge is 2.14. The molecule has 2 aromatic rings. The standard InChI is InChI=1S/C14H13BrN2O4/c1-21-9-4-5-10(15)11(7-9)16-14(20)12-3-2-6-17(12)8-13(18)19/h2-7H,8H2,1H3,(H,16,20)(H,18,19). The van der Waals surface area contributed by atoms with Gasteiger partial charge >= 0.3 is 5.97 Å². The van der Waals surface area contributed by atoms with Crippen molar-refractivity contribution in [2.24, 2.45) is 0 Å². The lowest BCUT2D eigenvalue weighted by molar-refractivity contribution is -0.137. The predicted molar refractivity (Wildman–Crippen MR) is 80.7 cm³/mol. The summed E-state index contributed by atoms with van der Waals surface area (Å²) in [5.41, 5.74) is 0.814. The number of hydrogen-bond donors (Lipinski definition) is 2. The summed E-state index contributed by atoms with van der Waals surface area (Å²) in [6.07, 6.45) is 1.55. The van der Waals surface area contributed by atoms with Gasteiger partial charge in [0.2, 0.25) is 0 Å². The molecule has 0 aliphatic rings. The molecular formula is C14H13BrN2O4. The van der Waals surface area contributed by atoms with E-state index in [1.165, 1.54) is 11.7 Å². The van der Waals surface area contributed by atoms with Crippen molar-refractivity contribution >= 4 is 33.5 Å². The van der Waals surface area contributed by atoms with Crippen molar-refractivity contribution in [3.8, 4) is 5.75 Å². The molecule has 1 amide bonds. The number of carbonyl (C=O) groups excluding carboxylic acids is 1. The van der Waals surface area contributed by atoms with Gasteiger partial charge in [-0.2, -0.15) is 0 Å². The largest absolute Gasteiger partial charge is 0.497 e. The third kappa shape index (κ3) is 3.63. The number of nitrogens with one attached hydrogen (secondary N) is 1. The molecule has 0 unspecified atom stereocenters. The number of aliphatic carboxylic acids is 1. The van der Waals surface area contributed by atoms with Gasteiger partial charge in [-0.1, -0.05) is 0 Å². The lowest BCUT2D eigenvalue weighted by atomic mass is 10.3. The molecule has 2 N–H and O–H groups in total. The summed E-state index contributed by atoms with van der Waals surface area (Å²) in [7, 11) is 1.53. The van der Waals surface area contributed by atoms with Crippen molar-refractivity contribution in [3.05, 3.63) is 46.7 Å². The molecule has 0 aliphatic carbocycles. The normalized spacial score (nSPS) is 10.2. The smallest absolute Gasteiger partial charge is 0.323 e. The maximum absolute atomic E-state index is 12.2. The van der Waals surface area contributed by atoms with Crippen molar-refractivity contribution in [1.82, 2.24) is 4.57 Å². The summed E-state index contributed by atoms with van der Waals surface area (Å²) in [5.74, 6) is -0.799. The topological polar surface area (TPSA) is 80.6 Å². The van der Waals surface area contributed by atoms with Crippen LogP contribution in [0.3, 0.4) is 0 Å². The number of anilines is 1. The number of carboxylic acid groups (broad SMARTS) is 1. The highest BCUT2D eigenvalue weighted by molar-refractivity contribution is 9.10. The number of rotatable bonds is 5. The van der Waals surface area contributed by atoms with E-state index < -0.39 is 11.9 Å². The van der Waals surface area contributed by atoms with Crippen molar-refractivity contribution in [3.63, 3.8) is 0 Å². The van der Waals surface area contributed by atoms with Crippen LogP contribution in [0.15, 0.2) is 41.0 Å².